The van der Waals surface area contributed by atoms with E-state index < -0.39 is 21.3 Å². The normalized spacial score (nSPS) is 39.0. The first kappa shape index (κ1) is 11.1. The number of aliphatic hydroxyl groups is 1. The lowest BCUT2D eigenvalue weighted by Gasteiger charge is -2.30. The van der Waals surface area contributed by atoms with Crippen molar-refractivity contribution in [2.24, 2.45) is 0 Å². The average molecular weight is 250 g/mol. The summed E-state index contributed by atoms with van der Waals surface area (Å²) in [6.07, 6.45) is -0.362. The number of carbonyl (C=O) groups excluding carboxylic acids is 2. The molecule has 15 heavy (non-hydrogen) atoms. The van der Waals surface area contributed by atoms with Gasteiger partial charge in [0.2, 0.25) is 0 Å². The van der Waals surface area contributed by atoms with Crippen LogP contribution in [0.25, 0.3) is 0 Å². The lowest BCUT2D eigenvalue weighted by Crippen LogP contribution is -2.39. The van der Waals surface area contributed by atoms with Gasteiger partial charge in [0.05, 0.1) is 0 Å². The molecule has 7 heteroatoms. The third kappa shape index (κ3) is 1.95. The molecule has 2 aliphatic heterocycles. The summed E-state index contributed by atoms with van der Waals surface area (Å²) < 4.78 is 8.60. The number of rotatable bonds is 0. The SMILES string of the molecule is CC1SC2(OC(=O)CC(=O)O2)SC1(C)O. The molecule has 0 aromatic heterocycles. The monoisotopic (exact) mass is 250 g/mol. The topological polar surface area (TPSA) is 72.8 Å². The Bertz CT molecular complexity index is 311. The van der Waals surface area contributed by atoms with E-state index in [9.17, 15) is 14.7 Å². The lowest BCUT2D eigenvalue weighted by molar-refractivity contribution is -0.193. The van der Waals surface area contributed by atoms with Crippen LogP contribution < -0.4 is 0 Å². The molecule has 0 amide bonds. The Kier molecular flexibility index (Phi) is 2.44. The molecule has 0 radical (unpaired) electrons. The second-order valence-corrected chi connectivity index (χ2v) is 6.85. The Hall–Kier alpha value is -0.400. The number of hydrogen-bond acceptors (Lipinski definition) is 7. The van der Waals surface area contributed by atoms with E-state index in [0.717, 1.165) is 23.5 Å². The molecule has 2 rings (SSSR count). The van der Waals surface area contributed by atoms with Gasteiger partial charge in [-0.25, -0.2) is 0 Å². The smallest absolute Gasteiger partial charge is 0.361 e. The van der Waals surface area contributed by atoms with Gasteiger partial charge >= 0.3 is 16.4 Å². The Balaban J connectivity index is 2.22. The fourth-order valence-electron chi connectivity index (χ4n) is 1.27. The third-order valence-electron chi connectivity index (χ3n) is 2.17. The van der Waals surface area contributed by atoms with Crippen LogP contribution in [0.1, 0.15) is 20.3 Å². The molecule has 2 unspecified atom stereocenters. The number of thioether (sulfide) groups is 2. The fraction of sp³-hybridized carbons (Fsp3) is 0.750. The number of carbonyl (C=O) groups is 2. The molecular weight excluding hydrogens is 240 g/mol. The molecule has 0 bridgehead atoms. The van der Waals surface area contributed by atoms with Gasteiger partial charge in [0, 0.05) is 5.25 Å². The van der Waals surface area contributed by atoms with E-state index >= 15 is 0 Å². The van der Waals surface area contributed by atoms with Crippen LogP contribution in [0.3, 0.4) is 0 Å². The van der Waals surface area contributed by atoms with Gasteiger partial charge in [0.1, 0.15) is 11.4 Å². The largest absolute Gasteiger partial charge is 0.403 e. The van der Waals surface area contributed by atoms with Crippen LogP contribution in [0.5, 0.6) is 0 Å². The summed E-state index contributed by atoms with van der Waals surface area (Å²) in [6.45, 7) is 3.38. The van der Waals surface area contributed by atoms with Gasteiger partial charge in [0.25, 0.3) is 0 Å². The van der Waals surface area contributed by atoms with Gasteiger partial charge in [-0.2, -0.15) is 0 Å². The molecule has 0 aromatic rings. The molecule has 2 saturated heterocycles. The van der Waals surface area contributed by atoms with Crippen LogP contribution in [0.4, 0.5) is 0 Å². The molecular formula is C8H10O5S2. The van der Waals surface area contributed by atoms with E-state index in [1.54, 1.807) is 13.8 Å². The predicted molar refractivity (Wildman–Crippen MR) is 54.8 cm³/mol. The third-order valence-corrected chi connectivity index (χ3v) is 5.31. The van der Waals surface area contributed by atoms with E-state index in [1.165, 1.54) is 0 Å². The maximum Gasteiger partial charge on any atom is 0.361 e. The molecule has 0 aromatic carbocycles. The van der Waals surface area contributed by atoms with Gasteiger partial charge in [-0.1, -0.05) is 11.8 Å². The van der Waals surface area contributed by atoms with Gasteiger partial charge < -0.3 is 14.6 Å². The highest BCUT2D eigenvalue weighted by molar-refractivity contribution is 8.21. The Morgan fingerprint density at radius 2 is 1.93 bits per heavy atom. The minimum atomic E-state index is -1.39. The summed E-state index contributed by atoms with van der Waals surface area (Å²) in [4.78, 5) is 21.2. The van der Waals surface area contributed by atoms with E-state index in [0.29, 0.717) is 0 Å². The van der Waals surface area contributed by atoms with Crippen LogP contribution in [-0.4, -0.2) is 31.7 Å². The minimum Gasteiger partial charge on any atom is -0.403 e. The first-order valence-corrected chi connectivity index (χ1v) is 6.07. The minimum absolute atomic E-state index is 0.193. The predicted octanol–water partition coefficient (Wildman–Crippen LogP) is 0.665. The standard InChI is InChI=1S/C8H10O5S2/c1-4-7(2,11)15-8(14-4)12-5(9)3-6(10)13-8/h4,11H,3H2,1-2H3. The first-order chi connectivity index (χ1) is 6.83. The first-order valence-electron chi connectivity index (χ1n) is 4.37. The maximum atomic E-state index is 11.1. The lowest BCUT2D eigenvalue weighted by atomic mass is 10.3. The van der Waals surface area contributed by atoms with Crippen molar-refractivity contribution in [3.8, 4) is 0 Å². The zero-order valence-corrected chi connectivity index (χ0v) is 9.81. The summed E-state index contributed by atoms with van der Waals surface area (Å²) >= 11 is 2.07. The number of esters is 2. The zero-order chi connectivity index (χ0) is 11.3. The molecule has 84 valence electrons. The average Bonchev–Trinajstić information content (AvgIpc) is 2.17. The number of ether oxygens (including phenoxy) is 2. The van der Waals surface area contributed by atoms with Crippen molar-refractivity contribution in [3.63, 3.8) is 0 Å². The van der Waals surface area contributed by atoms with E-state index in [2.05, 4.69) is 0 Å². The Morgan fingerprint density at radius 3 is 2.33 bits per heavy atom. The highest BCUT2D eigenvalue weighted by Gasteiger charge is 2.59. The molecule has 0 saturated carbocycles. The molecule has 1 N–H and O–H groups in total. The highest BCUT2D eigenvalue weighted by atomic mass is 32.2. The number of hydrogen-bond donors (Lipinski definition) is 1. The van der Waals surface area contributed by atoms with Crippen LogP contribution in [0.15, 0.2) is 0 Å². The molecule has 2 fully saturated rings. The quantitative estimate of drug-likeness (QED) is 0.500. The van der Waals surface area contributed by atoms with Crippen molar-refractivity contribution in [2.45, 2.75) is 34.9 Å². The van der Waals surface area contributed by atoms with Gasteiger partial charge in [-0.3, -0.25) is 9.59 Å². The van der Waals surface area contributed by atoms with Crippen molar-refractivity contribution in [1.82, 2.24) is 0 Å². The van der Waals surface area contributed by atoms with Crippen molar-refractivity contribution >= 4 is 35.5 Å². The van der Waals surface area contributed by atoms with Crippen LogP contribution in [0, 0.1) is 0 Å². The van der Waals surface area contributed by atoms with Crippen LogP contribution in [-0.2, 0) is 19.1 Å². The highest BCUT2D eigenvalue weighted by Crippen LogP contribution is 2.59. The summed E-state index contributed by atoms with van der Waals surface area (Å²) in [5.41, 5.74) is 0. The van der Waals surface area contributed by atoms with Crippen molar-refractivity contribution in [2.75, 3.05) is 0 Å². The second-order valence-electron chi connectivity index (χ2n) is 3.54. The molecule has 2 atom stereocenters. The van der Waals surface area contributed by atoms with Gasteiger partial charge in [-0.15, -0.1) is 0 Å². The van der Waals surface area contributed by atoms with Crippen molar-refractivity contribution < 1.29 is 24.2 Å². The van der Waals surface area contributed by atoms with E-state index in [1.807, 2.05) is 0 Å². The Morgan fingerprint density at radius 1 is 1.40 bits per heavy atom. The van der Waals surface area contributed by atoms with E-state index in [4.69, 9.17) is 9.47 Å². The van der Waals surface area contributed by atoms with Crippen molar-refractivity contribution in [3.05, 3.63) is 0 Å². The molecule has 5 nitrogen and oxygen atoms in total. The summed E-state index contributed by atoms with van der Waals surface area (Å²) in [5.74, 6) is -1.23. The second kappa shape index (κ2) is 3.29. The molecule has 2 aliphatic rings. The van der Waals surface area contributed by atoms with Crippen molar-refractivity contribution in [1.29, 1.82) is 0 Å². The van der Waals surface area contributed by atoms with Crippen LogP contribution in [0.2, 0.25) is 0 Å². The van der Waals surface area contributed by atoms with Crippen LogP contribution >= 0.6 is 23.5 Å². The Labute approximate surface area is 94.9 Å². The molecule has 1 spiro atoms. The van der Waals surface area contributed by atoms with Gasteiger partial charge in [0.15, 0.2) is 0 Å². The molecule has 2 heterocycles. The van der Waals surface area contributed by atoms with Gasteiger partial charge in [-0.05, 0) is 25.6 Å². The summed E-state index contributed by atoms with van der Waals surface area (Å²) in [7, 11) is 0. The summed E-state index contributed by atoms with van der Waals surface area (Å²) in [6, 6.07) is 0. The maximum absolute atomic E-state index is 11.1. The fourth-order valence-corrected chi connectivity index (χ4v) is 4.56. The summed E-state index contributed by atoms with van der Waals surface area (Å²) in [5, 5.41) is 9.72. The molecule has 0 aliphatic carbocycles. The van der Waals surface area contributed by atoms with E-state index in [-0.39, 0.29) is 11.7 Å². The zero-order valence-electron chi connectivity index (χ0n) is 8.18.